The summed E-state index contributed by atoms with van der Waals surface area (Å²) in [6.07, 6.45) is 6.58. The van der Waals surface area contributed by atoms with Crippen LogP contribution < -0.4 is 3.61 Å². The Bertz CT molecular complexity index is 302. The van der Waals surface area contributed by atoms with Gasteiger partial charge in [0.25, 0.3) is 0 Å². The molecule has 0 fully saturated rings. The van der Waals surface area contributed by atoms with Gasteiger partial charge in [0, 0.05) is 0 Å². The average Bonchev–Trinajstić information content (AvgIpc) is 2.31. The van der Waals surface area contributed by atoms with Gasteiger partial charge in [-0.15, -0.1) is 0 Å². The predicted molar refractivity (Wildman–Crippen MR) is 65.5 cm³/mol. The normalized spacial score (nSPS) is 12.0. The number of benzene rings is 1. The molecule has 1 aromatic carbocycles. The Kier molecular flexibility index (Phi) is 6.53. The van der Waals surface area contributed by atoms with Crippen LogP contribution >= 0.6 is 0 Å². The Morgan fingerprint density at radius 2 is 2.13 bits per heavy atom. The first-order valence-corrected chi connectivity index (χ1v) is 7.91. The van der Waals surface area contributed by atoms with Crippen LogP contribution in [0, 0.1) is 12.3 Å². The molecule has 2 heteroatoms. The molecule has 1 unspecified atom stereocenters. The second-order valence-electron chi connectivity index (χ2n) is 3.17. The summed E-state index contributed by atoms with van der Waals surface area (Å²) in [6.45, 7) is 2.60. The Hall–Kier alpha value is -0.470. The molecule has 0 saturated heterocycles. The Morgan fingerprint density at radius 1 is 1.40 bits per heavy atom. The van der Waals surface area contributed by atoms with Crippen LogP contribution in [0.15, 0.2) is 30.3 Å². The molecule has 0 radical (unpaired) electrons. The third-order valence-electron chi connectivity index (χ3n) is 2.04. The quantitative estimate of drug-likeness (QED) is 0.575. The third-order valence-corrected chi connectivity index (χ3v) is 5.30. The van der Waals surface area contributed by atoms with Gasteiger partial charge in [-0.1, -0.05) is 0 Å². The zero-order valence-corrected chi connectivity index (χ0v) is 11.3. The fourth-order valence-electron chi connectivity index (χ4n) is 1.16. The van der Waals surface area contributed by atoms with Crippen LogP contribution in [0.1, 0.15) is 13.3 Å². The summed E-state index contributed by atoms with van der Waals surface area (Å²) in [7, 11) is 0. The molecule has 80 valence electrons. The molecule has 15 heavy (non-hydrogen) atoms. The number of hydrogen-bond acceptors (Lipinski definition) is 1. The maximum absolute atomic E-state index is 5.56. The zero-order chi connectivity index (χ0) is 10.9. The molecule has 1 rings (SSSR count). The molecule has 1 nitrogen and oxygen atoms in total. The van der Waals surface area contributed by atoms with Crippen LogP contribution in [0.4, 0.5) is 0 Å². The summed E-state index contributed by atoms with van der Waals surface area (Å²) < 4.78 is 8.22. The Labute approximate surface area is 102 Å². The van der Waals surface area contributed by atoms with E-state index in [1.807, 2.05) is 0 Å². The van der Waals surface area contributed by atoms with Crippen LogP contribution in [0.25, 0.3) is 0 Å². The summed E-state index contributed by atoms with van der Waals surface area (Å²) in [5.41, 5.74) is 0. The zero-order valence-electron chi connectivity index (χ0n) is 8.98. The summed E-state index contributed by atoms with van der Waals surface area (Å²) in [5.74, 6) is 2.52. The molecule has 0 N–H and O–H groups in total. The van der Waals surface area contributed by atoms with E-state index in [1.165, 1.54) is 8.08 Å². The Balaban J connectivity index is 2.31. The van der Waals surface area contributed by atoms with Gasteiger partial charge in [-0.25, -0.2) is 0 Å². The molecule has 0 bridgehead atoms. The van der Waals surface area contributed by atoms with Crippen molar-refractivity contribution < 1.29 is 4.74 Å². The van der Waals surface area contributed by atoms with Gasteiger partial charge in [0.1, 0.15) is 0 Å². The molecule has 0 saturated carbocycles. The first-order chi connectivity index (χ1) is 7.36. The molecular formula is C13H16OTe. The summed E-state index contributed by atoms with van der Waals surface area (Å²) in [6, 6.07) is 10.7. The van der Waals surface area contributed by atoms with Crippen LogP contribution in [0.3, 0.4) is 0 Å². The van der Waals surface area contributed by atoms with Crippen LogP contribution in [0.2, 0.25) is 4.47 Å². The molecule has 0 heterocycles. The van der Waals surface area contributed by atoms with Crippen LogP contribution in [0.5, 0.6) is 0 Å². The summed E-state index contributed by atoms with van der Waals surface area (Å²) >= 11 is -0.111. The van der Waals surface area contributed by atoms with Crippen molar-refractivity contribution in [3.05, 3.63) is 30.3 Å². The molecular weight excluding hydrogens is 300 g/mol. The molecule has 0 aliphatic heterocycles. The van der Waals surface area contributed by atoms with E-state index in [0.717, 1.165) is 6.42 Å². The van der Waals surface area contributed by atoms with Gasteiger partial charge in [0.15, 0.2) is 0 Å². The molecule has 1 aromatic rings. The van der Waals surface area contributed by atoms with E-state index >= 15 is 0 Å². The van der Waals surface area contributed by atoms with Crippen molar-refractivity contribution in [3.63, 3.8) is 0 Å². The Morgan fingerprint density at radius 3 is 2.73 bits per heavy atom. The fourth-order valence-corrected chi connectivity index (χ4v) is 4.18. The summed E-state index contributed by atoms with van der Waals surface area (Å²) in [5, 5.41) is 0. The minimum atomic E-state index is -0.111. The van der Waals surface area contributed by atoms with Crippen molar-refractivity contribution >= 4 is 24.5 Å². The van der Waals surface area contributed by atoms with Crippen LogP contribution in [-0.4, -0.2) is 33.6 Å². The number of ether oxygens (including phenoxy) is 1. The summed E-state index contributed by atoms with van der Waals surface area (Å²) in [4.78, 5) is 0. The molecule has 0 amide bonds. The van der Waals surface area contributed by atoms with Crippen molar-refractivity contribution in [1.82, 2.24) is 0 Å². The van der Waals surface area contributed by atoms with Crippen LogP contribution in [-0.2, 0) is 4.74 Å². The molecule has 0 aliphatic rings. The van der Waals surface area contributed by atoms with Gasteiger partial charge in [0.05, 0.1) is 0 Å². The first-order valence-electron chi connectivity index (χ1n) is 5.09. The van der Waals surface area contributed by atoms with E-state index < -0.39 is 0 Å². The fraction of sp³-hybridized carbons (Fsp3) is 0.385. The molecule has 0 aliphatic carbocycles. The van der Waals surface area contributed by atoms with Crippen molar-refractivity contribution in [1.29, 1.82) is 0 Å². The second kappa shape index (κ2) is 7.77. The molecule has 1 atom stereocenters. The van der Waals surface area contributed by atoms with Gasteiger partial charge in [-0.3, -0.25) is 0 Å². The standard InChI is InChI=1S/C13H16OTe/c1-3-10-14-12(4-2)11-15-13-8-6-5-7-9-13/h1,5-9,12H,4,10-11H2,2H3. The monoisotopic (exact) mass is 318 g/mol. The van der Waals surface area contributed by atoms with Crippen molar-refractivity contribution in [2.45, 2.75) is 23.9 Å². The maximum atomic E-state index is 5.56. The van der Waals surface area contributed by atoms with Gasteiger partial charge >= 0.3 is 102 Å². The second-order valence-corrected chi connectivity index (χ2v) is 6.29. The van der Waals surface area contributed by atoms with E-state index in [9.17, 15) is 0 Å². The third kappa shape index (κ3) is 5.24. The SMILES string of the molecule is C#CCOC(CC)C[Te]c1ccccc1. The van der Waals surface area contributed by atoms with Gasteiger partial charge in [0.2, 0.25) is 0 Å². The van der Waals surface area contributed by atoms with Crippen molar-refractivity contribution in [3.8, 4) is 12.3 Å². The van der Waals surface area contributed by atoms with E-state index in [0.29, 0.717) is 12.7 Å². The molecule has 0 spiro atoms. The number of hydrogen-bond donors (Lipinski definition) is 0. The van der Waals surface area contributed by atoms with Gasteiger partial charge < -0.3 is 0 Å². The van der Waals surface area contributed by atoms with E-state index in [2.05, 4.69) is 43.2 Å². The van der Waals surface area contributed by atoms with E-state index in [4.69, 9.17) is 11.2 Å². The van der Waals surface area contributed by atoms with Gasteiger partial charge in [-0.2, -0.15) is 0 Å². The van der Waals surface area contributed by atoms with E-state index in [-0.39, 0.29) is 20.9 Å². The first kappa shape index (κ1) is 12.6. The van der Waals surface area contributed by atoms with Crippen molar-refractivity contribution in [2.75, 3.05) is 6.61 Å². The minimum absolute atomic E-state index is 0.111. The van der Waals surface area contributed by atoms with Crippen molar-refractivity contribution in [2.24, 2.45) is 0 Å². The van der Waals surface area contributed by atoms with Gasteiger partial charge in [-0.05, 0) is 0 Å². The van der Waals surface area contributed by atoms with E-state index in [1.54, 1.807) is 0 Å². The molecule has 0 aromatic heterocycles. The number of rotatable bonds is 6. The topological polar surface area (TPSA) is 9.23 Å². The number of terminal acetylenes is 1. The predicted octanol–water partition coefficient (Wildman–Crippen LogP) is 1.86. The average molecular weight is 316 g/mol.